The van der Waals surface area contributed by atoms with Crippen LogP contribution >= 0.6 is 0 Å². The van der Waals surface area contributed by atoms with E-state index in [0.29, 0.717) is 145 Å². The molecule has 0 radical (unpaired) electrons. The van der Waals surface area contributed by atoms with Gasteiger partial charge in [-0.15, -0.1) is 0 Å². The lowest BCUT2D eigenvalue weighted by atomic mass is 10.1. The lowest BCUT2D eigenvalue weighted by Crippen LogP contribution is -2.27. The van der Waals surface area contributed by atoms with Gasteiger partial charge in [-0.05, 0) is 27.2 Å². The van der Waals surface area contributed by atoms with Crippen molar-refractivity contribution in [3.8, 4) is 0 Å². The molecule has 15 nitrogen and oxygen atoms in total. The van der Waals surface area contributed by atoms with Crippen molar-refractivity contribution in [1.29, 1.82) is 0 Å². The standard InChI is InChI=1S/C38H74O15/c1-5-6-7-8-9-10-11-12-36(39)52-34-33-50-30-29-48-26-25-46-22-21-44-18-17-42-14-13-41-15-16-43-19-20-45-23-24-47-27-28-49-31-32-51-35-37(40)53-38(2,3)4/h5-35H2,1-4H3. The first-order valence-corrected chi connectivity index (χ1v) is 19.6. The van der Waals surface area contributed by atoms with E-state index in [4.69, 9.17) is 61.6 Å². The fraction of sp³-hybridized carbons (Fsp3) is 0.947. The van der Waals surface area contributed by atoms with Gasteiger partial charge in [0.2, 0.25) is 0 Å². The molecule has 0 fully saturated rings. The fourth-order valence-electron chi connectivity index (χ4n) is 4.24. The lowest BCUT2D eigenvalue weighted by molar-refractivity contribution is -0.160. The minimum Gasteiger partial charge on any atom is -0.463 e. The van der Waals surface area contributed by atoms with Crippen molar-refractivity contribution in [2.24, 2.45) is 0 Å². The molecule has 0 rings (SSSR count). The maximum Gasteiger partial charge on any atom is 0.332 e. The average Bonchev–Trinajstić information content (AvgIpc) is 3.12. The topological polar surface area (TPSA) is 154 Å². The van der Waals surface area contributed by atoms with Gasteiger partial charge in [-0.3, -0.25) is 4.79 Å². The first kappa shape index (κ1) is 51.5. The molecule has 0 aliphatic carbocycles. The minimum atomic E-state index is -0.514. The Hall–Kier alpha value is -1.50. The van der Waals surface area contributed by atoms with Gasteiger partial charge in [0.1, 0.15) is 18.8 Å². The summed E-state index contributed by atoms with van der Waals surface area (Å²) in [7, 11) is 0. The van der Waals surface area contributed by atoms with Crippen molar-refractivity contribution in [1.82, 2.24) is 0 Å². The van der Waals surface area contributed by atoms with Crippen molar-refractivity contribution in [2.75, 3.05) is 152 Å². The molecule has 0 heterocycles. The normalized spacial score (nSPS) is 11.7. The molecule has 0 aromatic rings. The molecule has 0 aromatic heterocycles. The van der Waals surface area contributed by atoms with Crippen LogP contribution in [0.25, 0.3) is 0 Å². The van der Waals surface area contributed by atoms with Crippen LogP contribution in [0.15, 0.2) is 0 Å². The lowest BCUT2D eigenvalue weighted by Gasteiger charge is -2.19. The second kappa shape index (κ2) is 41.7. The third-order valence-electron chi connectivity index (χ3n) is 6.84. The third-order valence-corrected chi connectivity index (χ3v) is 6.84. The van der Waals surface area contributed by atoms with Crippen LogP contribution in [0.2, 0.25) is 0 Å². The number of hydrogen-bond donors (Lipinski definition) is 0. The molecule has 316 valence electrons. The van der Waals surface area contributed by atoms with E-state index in [1.807, 2.05) is 20.8 Å². The summed E-state index contributed by atoms with van der Waals surface area (Å²) in [6, 6.07) is 0. The number of ether oxygens (including phenoxy) is 13. The highest BCUT2D eigenvalue weighted by molar-refractivity contribution is 5.71. The highest BCUT2D eigenvalue weighted by Crippen LogP contribution is 2.09. The second-order valence-corrected chi connectivity index (χ2v) is 12.9. The summed E-state index contributed by atoms with van der Waals surface area (Å²) in [6.45, 7) is 17.5. The van der Waals surface area contributed by atoms with Crippen LogP contribution < -0.4 is 0 Å². The number of carbonyl (C=O) groups excluding carboxylic acids is 2. The van der Waals surface area contributed by atoms with Gasteiger partial charge in [0, 0.05) is 6.42 Å². The number of rotatable bonds is 43. The van der Waals surface area contributed by atoms with Crippen LogP contribution in [0.1, 0.15) is 79.1 Å². The van der Waals surface area contributed by atoms with E-state index in [0.717, 1.165) is 12.8 Å². The Morgan fingerprint density at radius 3 is 0.962 bits per heavy atom. The van der Waals surface area contributed by atoms with E-state index in [1.54, 1.807) is 0 Å². The zero-order valence-corrected chi connectivity index (χ0v) is 33.5. The Morgan fingerprint density at radius 2 is 0.642 bits per heavy atom. The monoisotopic (exact) mass is 771 g/mol. The number of hydrogen-bond acceptors (Lipinski definition) is 15. The van der Waals surface area contributed by atoms with Crippen LogP contribution in [0.3, 0.4) is 0 Å². The molecule has 0 aliphatic rings. The SMILES string of the molecule is CCCCCCCCCC(=O)OCCOCCOCCOCCOCCOCCOCCOCCOCCOCCOCCOCC(=O)OC(C)(C)C. The highest BCUT2D eigenvalue weighted by atomic mass is 16.6. The Labute approximate surface area is 319 Å². The molecule has 0 N–H and O–H groups in total. The van der Waals surface area contributed by atoms with E-state index in [-0.39, 0.29) is 25.2 Å². The first-order valence-electron chi connectivity index (χ1n) is 19.6. The van der Waals surface area contributed by atoms with Gasteiger partial charge in [0.15, 0.2) is 0 Å². The van der Waals surface area contributed by atoms with Gasteiger partial charge in [-0.25, -0.2) is 4.79 Å². The van der Waals surface area contributed by atoms with E-state index in [9.17, 15) is 9.59 Å². The maximum absolute atomic E-state index is 11.7. The molecule has 15 heteroatoms. The smallest absolute Gasteiger partial charge is 0.332 e. The highest BCUT2D eigenvalue weighted by Gasteiger charge is 2.15. The molecule has 53 heavy (non-hydrogen) atoms. The summed E-state index contributed by atoms with van der Waals surface area (Å²) in [6.07, 6.45) is 8.76. The van der Waals surface area contributed by atoms with Crippen molar-refractivity contribution >= 4 is 11.9 Å². The molecular formula is C38H74O15. The summed E-state index contributed by atoms with van der Waals surface area (Å²) in [5.74, 6) is -0.534. The van der Waals surface area contributed by atoms with Crippen LogP contribution in [0, 0.1) is 0 Å². The maximum atomic E-state index is 11.7. The van der Waals surface area contributed by atoms with Gasteiger partial charge in [0.25, 0.3) is 0 Å². The molecule has 0 aliphatic heterocycles. The van der Waals surface area contributed by atoms with Gasteiger partial charge < -0.3 is 61.6 Å². The largest absolute Gasteiger partial charge is 0.463 e. The molecule has 0 bridgehead atoms. The van der Waals surface area contributed by atoms with Crippen molar-refractivity contribution in [3.63, 3.8) is 0 Å². The Morgan fingerprint density at radius 1 is 0.358 bits per heavy atom. The van der Waals surface area contributed by atoms with Crippen molar-refractivity contribution in [3.05, 3.63) is 0 Å². The second-order valence-electron chi connectivity index (χ2n) is 12.9. The molecule has 0 amide bonds. The Balaban J connectivity index is 3.14. The van der Waals surface area contributed by atoms with Crippen molar-refractivity contribution < 1.29 is 71.2 Å². The molecular weight excluding hydrogens is 696 g/mol. The summed E-state index contributed by atoms with van der Waals surface area (Å²) in [4.78, 5) is 23.2. The van der Waals surface area contributed by atoms with Crippen LogP contribution in [-0.4, -0.2) is 169 Å². The Kier molecular flexibility index (Phi) is 40.5. The fourth-order valence-corrected chi connectivity index (χ4v) is 4.24. The summed E-state index contributed by atoms with van der Waals surface area (Å²) in [5, 5.41) is 0. The van der Waals surface area contributed by atoms with E-state index in [1.165, 1.54) is 32.1 Å². The van der Waals surface area contributed by atoms with Gasteiger partial charge in [0.05, 0.1) is 139 Å². The molecule has 0 aromatic carbocycles. The third kappa shape index (κ3) is 46.6. The molecule has 0 atom stereocenters. The molecule has 0 saturated heterocycles. The first-order chi connectivity index (χ1) is 25.8. The summed E-state index contributed by atoms with van der Waals surface area (Å²) in [5.41, 5.74) is -0.514. The molecule has 0 spiro atoms. The van der Waals surface area contributed by atoms with E-state index < -0.39 is 5.60 Å². The van der Waals surface area contributed by atoms with E-state index in [2.05, 4.69) is 6.92 Å². The molecule has 0 unspecified atom stereocenters. The van der Waals surface area contributed by atoms with Gasteiger partial charge in [-0.2, -0.15) is 0 Å². The predicted octanol–water partition coefficient (Wildman–Crippen LogP) is 4.19. The van der Waals surface area contributed by atoms with Crippen molar-refractivity contribution in [2.45, 2.75) is 84.7 Å². The van der Waals surface area contributed by atoms with Crippen LogP contribution in [0.4, 0.5) is 0 Å². The van der Waals surface area contributed by atoms with Gasteiger partial charge in [-0.1, -0.05) is 45.4 Å². The van der Waals surface area contributed by atoms with Crippen LogP contribution in [0.5, 0.6) is 0 Å². The summed E-state index contributed by atoms with van der Waals surface area (Å²) < 4.78 is 70.2. The van der Waals surface area contributed by atoms with Crippen LogP contribution in [-0.2, 0) is 71.2 Å². The average molecular weight is 771 g/mol. The zero-order valence-electron chi connectivity index (χ0n) is 33.5. The number of carbonyl (C=O) groups is 2. The number of esters is 2. The predicted molar refractivity (Wildman–Crippen MR) is 198 cm³/mol. The molecule has 0 saturated carbocycles. The van der Waals surface area contributed by atoms with E-state index >= 15 is 0 Å². The van der Waals surface area contributed by atoms with Gasteiger partial charge >= 0.3 is 11.9 Å². The summed E-state index contributed by atoms with van der Waals surface area (Å²) >= 11 is 0. The quantitative estimate of drug-likeness (QED) is 0.0643. The zero-order chi connectivity index (χ0) is 38.8. The number of unbranched alkanes of at least 4 members (excludes halogenated alkanes) is 6. The Bertz CT molecular complexity index is 766. The minimum absolute atomic E-state index is 0.0864.